The van der Waals surface area contributed by atoms with E-state index in [0.717, 1.165) is 12.8 Å². The quantitative estimate of drug-likeness (QED) is 0.270. The number of rotatable bonds is 3. The Hall–Kier alpha value is -3.38. The van der Waals surface area contributed by atoms with E-state index < -0.39 is 0 Å². The van der Waals surface area contributed by atoms with Gasteiger partial charge in [-0.05, 0) is 68.3 Å². The van der Waals surface area contributed by atoms with Crippen LogP contribution < -0.4 is 0 Å². The van der Waals surface area contributed by atoms with Crippen molar-refractivity contribution in [1.29, 1.82) is 0 Å². The first-order valence-corrected chi connectivity index (χ1v) is 12.1. The first-order chi connectivity index (χ1) is 16.0. The number of allylic oxidation sites excluding steroid dienone is 1. The minimum absolute atomic E-state index is 0.236. The van der Waals surface area contributed by atoms with Crippen molar-refractivity contribution in [1.82, 2.24) is 0 Å². The van der Waals surface area contributed by atoms with Gasteiger partial charge in [0.2, 0.25) is 0 Å². The van der Waals surface area contributed by atoms with Gasteiger partial charge in [-0.15, -0.1) is 0 Å². The Bertz CT molecular complexity index is 1380. The van der Waals surface area contributed by atoms with Crippen molar-refractivity contribution in [3.63, 3.8) is 0 Å². The summed E-state index contributed by atoms with van der Waals surface area (Å²) in [6.45, 7) is 7.08. The van der Waals surface area contributed by atoms with E-state index in [0.29, 0.717) is 5.92 Å². The van der Waals surface area contributed by atoms with Crippen LogP contribution in [0.1, 0.15) is 60.9 Å². The fourth-order valence-corrected chi connectivity index (χ4v) is 5.92. The summed E-state index contributed by atoms with van der Waals surface area (Å²) in [5.74, 6) is 0.326. The zero-order valence-electron chi connectivity index (χ0n) is 19.7. The summed E-state index contributed by atoms with van der Waals surface area (Å²) in [6.07, 6.45) is 4.64. The van der Waals surface area contributed by atoms with Crippen molar-refractivity contribution < 1.29 is 0 Å². The summed E-state index contributed by atoms with van der Waals surface area (Å²) in [5, 5.41) is 0. The summed E-state index contributed by atoms with van der Waals surface area (Å²) in [4.78, 5) is 0. The summed E-state index contributed by atoms with van der Waals surface area (Å²) in [5.41, 5.74) is 14.6. The molecule has 0 heterocycles. The van der Waals surface area contributed by atoms with Crippen LogP contribution in [0.4, 0.5) is 0 Å². The molecule has 0 amide bonds. The van der Waals surface area contributed by atoms with E-state index in [2.05, 4.69) is 118 Å². The highest BCUT2D eigenvalue weighted by Crippen LogP contribution is 2.51. The molecule has 1 unspecified atom stereocenters. The summed E-state index contributed by atoms with van der Waals surface area (Å²) in [6, 6.07) is 33.6. The second-order valence-electron chi connectivity index (χ2n) is 10.8. The molecule has 1 atom stereocenters. The molecule has 2 aliphatic carbocycles. The van der Waals surface area contributed by atoms with Gasteiger partial charge in [-0.3, -0.25) is 0 Å². The smallest absolute Gasteiger partial charge is 0.0311 e. The Morgan fingerprint density at radius 1 is 0.667 bits per heavy atom. The number of benzene rings is 4. The summed E-state index contributed by atoms with van der Waals surface area (Å²) >= 11 is 0. The third-order valence-corrected chi connectivity index (χ3v) is 7.17. The van der Waals surface area contributed by atoms with Crippen LogP contribution in [0.2, 0.25) is 0 Å². The molecule has 0 saturated heterocycles. The second kappa shape index (κ2) is 7.59. The SMILES string of the molecule is CC(C)(C)CC1=Cc2c(-c3ccccc3)cccc2C1c1cccc2c1Cc1ccccc1-2. The first-order valence-electron chi connectivity index (χ1n) is 12.1. The second-order valence-corrected chi connectivity index (χ2v) is 10.8. The highest BCUT2D eigenvalue weighted by Gasteiger charge is 2.34. The van der Waals surface area contributed by atoms with E-state index >= 15 is 0 Å². The molecular weight excluding hydrogens is 396 g/mol. The van der Waals surface area contributed by atoms with E-state index in [1.54, 1.807) is 5.57 Å². The fraction of sp³-hybridized carbons (Fsp3) is 0.212. The van der Waals surface area contributed by atoms with Gasteiger partial charge in [-0.25, -0.2) is 0 Å². The minimum atomic E-state index is 0.236. The predicted octanol–water partition coefficient (Wildman–Crippen LogP) is 8.89. The Morgan fingerprint density at radius 2 is 1.33 bits per heavy atom. The summed E-state index contributed by atoms with van der Waals surface area (Å²) in [7, 11) is 0. The fourth-order valence-electron chi connectivity index (χ4n) is 5.92. The van der Waals surface area contributed by atoms with E-state index in [1.807, 2.05) is 0 Å². The van der Waals surface area contributed by atoms with Gasteiger partial charge < -0.3 is 0 Å². The maximum Gasteiger partial charge on any atom is 0.0311 e. The van der Waals surface area contributed by atoms with Gasteiger partial charge >= 0.3 is 0 Å². The molecule has 0 spiro atoms. The van der Waals surface area contributed by atoms with E-state index in [4.69, 9.17) is 0 Å². The highest BCUT2D eigenvalue weighted by atomic mass is 14.4. The van der Waals surface area contributed by atoms with Crippen molar-refractivity contribution in [2.45, 2.75) is 39.5 Å². The summed E-state index contributed by atoms with van der Waals surface area (Å²) < 4.78 is 0. The van der Waals surface area contributed by atoms with Gasteiger partial charge in [0.25, 0.3) is 0 Å². The maximum absolute atomic E-state index is 2.51. The molecule has 0 heteroatoms. The molecule has 0 radical (unpaired) electrons. The molecule has 0 nitrogen and oxygen atoms in total. The Balaban J connectivity index is 1.55. The van der Waals surface area contributed by atoms with Crippen LogP contribution in [0, 0.1) is 5.41 Å². The molecule has 33 heavy (non-hydrogen) atoms. The molecule has 0 N–H and O–H groups in total. The van der Waals surface area contributed by atoms with Gasteiger partial charge in [0, 0.05) is 5.92 Å². The minimum Gasteiger partial charge on any atom is -0.0622 e. The van der Waals surface area contributed by atoms with Gasteiger partial charge in [-0.1, -0.05) is 123 Å². The van der Waals surface area contributed by atoms with Crippen molar-refractivity contribution in [2.75, 3.05) is 0 Å². The van der Waals surface area contributed by atoms with Crippen LogP contribution >= 0.6 is 0 Å². The molecule has 0 fully saturated rings. The normalized spacial score (nSPS) is 16.2. The molecule has 4 aromatic carbocycles. The van der Waals surface area contributed by atoms with E-state index in [-0.39, 0.29) is 5.41 Å². The largest absolute Gasteiger partial charge is 0.0622 e. The standard InChI is InChI=1S/C33H30/c1-33(2,3)21-24-20-30-25(22-11-5-4-6-12-22)15-9-17-28(30)32(24)29-18-10-16-27-26-14-8-7-13-23(26)19-31(27)29/h4-18,20,32H,19,21H2,1-3H3. The first kappa shape index (κ1) is 20.2. The molecule has 4 aromatic rings. The third kappa shape index (κ3) is 3.45. The number of fused-ring (bicyclic) bond motifs is 4. The van der Waals surface area contributed by atoms with Crippen LogP contribution in [-0.4, -0.2) is 0 Å². The Labute approximate surface area is 197 Å². The lowest BCUT2D eigenvalue weighted by Gasteiger charge is -2.26. The van der Waals surface area contributed by atoms with Gasteiger partial charge in [0.1, 0.15) is 0 Å². The lowest BCUT2D eigenvalue weighted by atomic mass is 9.78. The zero-order chi connectivity index (χ0) is 22.6. The predicted molar refractivity (Wildman–Crippen MR) is 140 cm³/mol. The zero-order valence-corrected chi connectivity index (χ0v) is 19.7. The van der Waals surface area contributed by atoms with Crippen molar-refractivity contribution >= 4 is 6.08 Å². The molecular formula is C33H30. The maximum atomic E-state index is 2.51. The van der Waals surface area contributed by atoms with E-state index in [9.17, 15) is 0 Å². The molecule has 0 aromatic heterocycles. The van der Waals surface area contributed by atoms with Crippen molar-refractivity contribution in [2.24, 2.45) is 5.41 Å². The van der Waals surface area contributed by atoms with Crippen molar-refractivity contribution in [3.8, 4) is 22.3 Å². The van der Waals surface area contributed by atoms with Gasteiger partial charge in [0.15, 0.2) is 0 Å². The molecule has 0 bridgehead atoms. The highest BCUT2D eigenvalue weighted by molar-refractivity contribution is 5.85. The topological polar surface area (TPSA) is 0 Å². The molecule has 2 aliphatic rings. The van der Waals surface area contributed by atoms with Crippen molar-refractivity contribution in [3.05, 3.63) is 124 Å². The monoisotopic (exact) mass is 426 g/mol. The third-order valence-electron chi connectivity index (χ3n) is 7.17. The lowest BCUT2D eigenvalue weighted by molar-refractivity contribution is 0.405. The Kier molecular flexibility index (Phi) is 4.66. The Morgan fingerprint density at radius 3 is 2.12 bits per heavy atom. The average molecular weight is 427 g/mol. The van der Waals surface area contributed by atoms with Crippen LogP contribution in [0.25, 0.3) is 28.3 Å². The molecule has 162 valence electrons. The number of hydrogen-bond donors (Lipinski definition) is 0. The molecule has 0 saturated carbocycles. The van der Waals surface area contributed by atoms with E-state index in [1.165, 1.54) is 50.1 Å². The number of hydrogen-bond acceptors (Lipinski definition) is 0. The molecule has 6 rings (SSSR count). The van der Waals surface area contributed by atoms with Crippen LogP contribution in [0.3, 0.4) is 0 Å². The van der Waals surface area contributed by atoms with Gasteiger partial charge in [-0.2, -0.15) is 0 Å². The van der Waals surface area contributed by atoms with Crippen LogP contribution in [0.5, 0.6) is 0 Å². The van der Waals surface area contributed by atoms with Crippen LogP contribution in [-0.2, 0) is 6.42 Å². The van der Waals surface area contributed by atoms with Crippen LogP contribution in [0.15, 0.2) is 96.6 Å². The van der Waals surface area contributed by atoms with Gasteiger partial charge in [0.05, 0.1) is 0 Å². The average Bonchev–Trinajstić information content (AvgIpc) is 3.36. The lowest BCUT2D eigenvalue weighted by Crippen LogP contribution is -2.12. The molecule has 0 aliphatic heterocycles.